The molecule has 5 heteroatoms. The smallest absolute Gasteiger partial charge is 0.272 e. The van der Waals surface area contributed by atoms with Gasteiger partial charge in [0, 0.05) is 31.2 Å². The maximum Gasteiger partial charge on any atom is 0.272 e. The summed E-state index contributed by atoms with van der Waals surface area (Å²) >= 11 is 0. The lowest BCUT2D eigenvalue weighted by atomic mass is 10.2. The monoisotopic (exact) mass is 296 g/mol. The number of hydrogen-bond acceptors (Lipinski definition) is 3. The van der Waals surface area contributed by atoms with Gasteiger partial charge in [0.2, 0.25) is 0 Å². The molecular weight excluding hydrogens is 276 g/mol. The van der Waals surface area contributed by atoms with Crippen LogP contribution in [0.25, 0.3) is 0 Å². The number of rotatable bonds is 4. The Bertz CT molecular complexity index is 675. The molecule has 0 radical (unpaired) electrons. The fraction of sp³-hybridized carbons (Fsp3) is 0.412. The molecule has 1 aromatic carbocycles. The topological polar surface area (TPSA) is 50.2 Å². The van der Waals surface area contributed by atoms with Gasteiger partial charge in [-0.25, -0.2) is 0 Å². The predicted molar refractivity (Wildman–Crippen MR) is 83.3 cm³/mol. The van der Waals surface area contributed by atoms with Gasteiger partial charge >= 0.3 is 0 Å². The van der Waals surface area contributed by atoms with E-state index >= 15 is 0 Å². The highest BCUT2D eigenvalue weighted by molar-refractivity contribution is 5.92. The maximum absolute atomic E-state index is 12.1. The number of fused-ring (bicyclic) bond motifs is 1. The second-order valence-electron chi connectivity index (χ2n) is 6.20. The summed E-state index contributed by atoms with van der Waals surface area (Å²) in [6.45, 7) is 2.68. The number of carbonyl (C=O) groups excluding carboxylic acids is 1. The van der Waals surface area contributed by atoms with Gasteiger partial charge in [-0.1, -0.05) is 30.3 Å². The van der Waals surface area contributed by atoms with Crippen LogP contribution in [0.5, 0.6) is 0 Å². The lowest BCUT2D eigenvalue weighted by Crippen LogP contribution is -2.34. The molecule has 2 aliphatic rings. The van der Waals surface area contributed by atoms with Gasteiger partial charge in [0.05, 0.1) is 6.67 Å². The van der Waals surface area contributed by atoms with Crippen LogP contribution < -0.4 is 5.32 Å². The molecule has 0 spiro atoms. The van der Waals surface area contributed by atoms with Crippen LogP contribution in [-0.4, -0.2) is 33.2 Å². The molecule has 4 rings (SSSR count). The van der Waals surface area contributed by atoms with Gasteiger partial charge in [0.25, 0.3) is 5.91 Å². The summed E-state index contributed by atoms with van der Waals surface area (Å²) in [6, 6.07) is 12.8. The van der Waals surface area contributed by atoms with E-state index in [0.29, 0.717) is 11.7 Å². The van der Waals surface area contributed by atoms with Crippen LogP contribution >= 0.6 is 0 Å². The second kappa shape index (κ2) is 5.57. The van der Waals surface area contributed by atoms with E-state index in [1.54, 1.807) is 0 Å². The fourth-order valence-corrected chi connectivity index (χ4v) is 2.88. The summed E-state index contributed by atoms with van der Waals surface area (Å²) < 4.78 is 1.97. The van der Waals surface area contributed by atoms with Crippen molar-refractivity contribution in [1.82, 2.24) is 20.0 Å². The van der Waals surface area contributed by atoms with E-state index in [-0.39, 0.29) is 5.91 Å². The predicted octanol–water partition coefficient (Wildman–Crippen LogP) is 1.79. The van der Waals surface area contributed by atoms with E-state index in [9.17, 15) is 4.79 Å². The quantitative estimate of drug-likeness (QED) is 0.936. The summed E-state index contributed by atoms with van der Waals surface area (Å²) in [4.78, 5) is 14.4. The van der Waals surface area contributed by atoms with E-state index < -0.39 is 0 Å². The van der Waals surface area contributed by atoms with Gasteiger partial charge in [0.1, 0.15) is 0 Å². The Morgan fingerprint density at radius 3 is 2.86 bits per heavy atom. The van der Waals surface area contributed by atoms with Crippen molar-refractivity contribution in [2.24, 2.45) is 0 Å². The first-order valence-electron chi connectivity index (χ1n) is 7.92. The molecule has 114 valence electrons. The van der Waals surface area contributed by atoms with Crippen LogP contribution in [0.15, 0.2) is 36.4 Å². The molecule has 1 aliphatic heterocycles. The zero-order chi connectivity index (χ0) is 14.9. The number of carbonyl (C=O) groups is 1. The molecule has 1 saturated carbocycles. The third-order valence-electron chi connectivity index (χ3n) is 4.28. The first-order chi connectivity index (χ1) is 10.8. The fourth-order valence-electron chi connectivity index (χ4n) is 2.88. The van der Waals surface area contributed by atoms with Crippen molar-refractivity contribution in [2.75, 3.05) is 6.54 Å². The van der Waals surface area contributed by atoms with Crippen LogP contribution in [0.4, 0.5) is 0 Å². The third-order valence-corrected chi connectivity index (χ3v) is 4.28. The first-order valence-corrected chi connectivity index (χ1v) is 7.92. The summed E-state index contributed by atoms with van der Waals surface area (Å²) in [7, 11) is 0. The molecular formula is C17H20N4O. The zero-order valence-electron chi connectivity index (χ0n) is 12.5. The molecule has 0 saturated heterocycles. The van der Waals surface area contributed by atoms with E-state index in [4.69, 9.17) is 0 Å². The number of benzene rings is 1. The van der Waals surface area contributed by atoms with Crippen molar-refractivity contribution in [1.29, 1.82) is 0 Å². The first kappa shape index (κ1) is 13.5. The average molecular weight is 296 g/mol. The number of nitrogens with one attached hydrogen (secondary N) is 1. The average Bonchev–Trinajstić information content (AvgIpc) is 3.24. The Labute approximate surface area is 129 Å². The highest BCUT2D eigenvalue weighted by Crippen LogP contribution is 2.20. The van der Waals surface area contributed by atoms with Gasteiger partial charge in [-0.2, -0.15) is 5.10 Å². The van der Waals surface area contributed by atoms with E-state index in [1.807, 2.05) is 16.8 Å². The van der Waals surface area contributed by atoms with Gasteiger partial charge in [-0.05, 0) is 24.5 Å². The Morgan fingerprint density at radius 2 is 2.09 bits per heavy atom. The molecule has 1 aliphatic carbocycles. The van der Waals surface area contributed by atoms with Gasteiger partial charge in [0.15, 0.2) is 5.69 Å². The molecule has 2 heterocycles. The van der Waals surface area contributed by atoms with Crippen LogP contribution in [0.3, 0.4) is 0 Å². The molecule has 22 heavy (non-hydrogen) atoms. The van der Waals surface area contributed by atoms with E-state index in [0.717, 1.165) is 44.7 Å². The van der Waals surface area contributed by atoms with Crippen LogP contribution in [0.2, 0.25) is 0 Å². The van der Waals surface area contributed by atoms with Crippen LogP contribution in [0, 0.1) is 0 Å². The Hall–Kier alpha value is -2.14. The number of nitrogens with zero attached hydrogens (tertiary/aromatic N) is 3. The maximum atomic E-state index is 12.1. The normalized spacial score (nSPS) is 18.0. The van der Waals surface area contributed by atoms with Crippen LogP contribution in [0.1, 0.15) is 34.6 Å². The Kier molecular flexibility index (Phi) is 3.42. The zero-order valence-corrected chi connectivity index (χ0v) is 12.5. The Morgan fingerprint density at radius 1 is 1.27 bits per heavy atom. The van der Waals surface area contributed by atoms with Gasteiger partial charge in [-0.15, -0.1) is 0 Å². The lowest BCUT2D eigenvalue weighted by molar-refractivity contribution is 0.0943. The second-order valence-corrected chi connectivity index (χ2v) is 6.20. The minimum Gasteiger partial charge on any atom is -0.348 e. The summed E-state index contributed by atoms with van der Waals surface area (Å²) in [5.41, 5.74) is 3.03. The molecule has 2 aromatic rings. The molecule has 1 amide bonds. The number of aromatic nitrogens is 2. The van der Waals surface area contributed by atoms with Crippen molar-refractivity contribution in [3.8, 4) is 0 Å². The number of amides is 1. The van der Waals surface area contributed by atoms with E-state index in [1.165, 1.54) is 5.56 Å². The van der Waals surface area contributed by atoms with E-state index in [2.05, 4.69) is 39.6 Å². The minimum absolute atomic E-state index is 0.0287. The van der Waals surface area contributed by atoms with Gasteiger partial charge in [-0.3, -0.25) is 14.4 Å². The molecule has 0 bridgehead atoms. The van der Waals surface area contributed by atoms with Crippen LogP contribution in [-0.2, 0) is 19.6 Å². The van der Waals surface area contributed by atoms with Crippen molar-refractivity contribution < 1.29 is 4.79 Å². The molecule has 1 N–H and O–H groups in total. The Balaban J connectivity index is 1.44. The molecule has 5 nitrogen and oxygen atoms in total. The molecule has 1 aromatic heterocycles. The van der Waals surface area contributed by atoms with Crippen molar-refractivity contribution >= 4 is 5.91 Å². The minimum atomic E-state index is -0.0287. The highest BCUT2D eigenvalue weighted by atomic mass is 16.2. The summed E-state index contributed by atoms with van der Waals surface area (Å²) in [5, 5.41) is 7.49. The number of hydrogen-bond donors (Lipinski definition) is 1. The van der Waals surface area contributed by atoms with Crippen molar-refractivity contribution in [3.63, 3.8) is 0 Å². The molecule has 1 fully saturated rings. The molecule has 0 unspecified atom stereocenters. The lowest BCUT2D eigenvalue weighted by Gasteiger charge is -2.27. The SMILES string of the molecule is O=C(NC1CC1)c1cc2n(n1)CN(Cc1ccccc1)CC2. The standard InChI is InChI=1S/C17H20N4O/c22-17(18-14-6-7-14)16-10-15-8-9-20(12-21(15)19-16)11-13-4-2-1-3-5-13/h1-5,10,14H,6-9,11-12H2,(H,18,22). The highest BCUT2D eigenvalue weighted by Gasteiger charge is 2.26. The third kappa shape index (κ3) is 2.90. The molecule has 0 atom stereocenters. The largest absolute Gasteiger partial charge is 0.348 e. The summed E-state index contributed by atoms with van der Waals surface area (Å²) in [6.07, 6.45) is 3.14. The van der Waals surface area contributed by atoms with Crippen molar-refractivity contribution in [2.45, 2.75) is 38.5 Å². The van der Waals surface area contributed by atoms with Gasteiger partial charge < -0.3 is 5.32 Å². The van der Waals surface area contributed by atoms with Crippen molar-refractivity contribution in [3.05, 3.63) is 53.3 Å². The summed E-state index contributed by atoms with van der Waals surface area (Å²) in [5.74, 6) is -0.0287.